The zero-order chi connectivity index (χ0) is 24.7. The molecule has 0 heterocycles. The minimum atomic E-state index is -0.990. The molecular formula is C26H36N3O7+. The van der Waals surface area contributed by atoms with E-state index in [-0.39, 0.29) is 15.9 Å². The Morgan fingerprint density at radius 3 is 1.03 bits per heavy atom. The highest BCUT2D eigenvalue weighted by molar-refractivity contribution is 5.52. The summed E-state index contributed by atoms with van der Waals surface area (Å²) in [5, 5.41) is 42.6. The summed E-state index contributed by atoms with van der Waals surface area (Å²) < 4.78 is 0. The molecule has 0 aromatic heterocycles. The minimum Gasteiger partial charge on any atom is -0.378 e. The molecule has 10 nitrogen and oxygen atoms in total. The Morgan fingerprint density at radius 1 is 0.556 bits per heavy atom. The van der Waals surface area contributed by atoms with Crippen molar-refractivity contribution in [1.82, 2.24) is 9.80 Å². The third-order valence-corrected chi connectivity index (χ3v) is 14.6. The van der Waals surface area contributed by atoms with Crippen LogP contribution in [0.2, 0.25) is 0 Å². The molecular weight excluding hydrogens is 466 g/mol. The normalized spacial score (nSPS) is 64.8. The predicted octanol–water partition coefficient (Wildman–Crippen LogP) is -0.0265. The highest BCUT2D eigenvalue weighted by Crippen LogP contribution is 3.07. The zero-order valence-electron chi connectivity index (χ0n) is 20.9. The molecule has 0 aliphatic heterocycles. The van der Waals surface area contributed by atoms with E-state index in [0.717, 1.165) is 47.3 Å². The summed E-state index contributed by atoms with van der Waals surface area (Å²) in [6.45, 7) is 6.39. The molecule has 0 bridgehead atoms. The van der Waals surface area contributed by atoms with Gasteiger partial charge in [-0.2, -0.15) is 9.68 Å². The molecule has 0 saturated heterocycles. The maximum absolute atomic E-state index is 13.5. The number of nitrogens with zero attached hydrogens (tertiary/aromatic N) is 3. The second-order valence-corrected chi connectivity index (χ2v) is 14.3. The predicted molar refractivity (Wildman–Crippen MR) is 118 cm³/mol. The molecule has 0 aromatic rings. The summed E-state index contributed by atoms with van der Waals surface area (Å²) >= 11 is 0. The monoisotopic (exact) mass is 502 g/mol. The lowest BCUT2D eigenvalue weighted by atomic mass is 8.96. The lowest BCUT2D eigenvalue weighted by Crippen LogP contribution is -3.08. The Kier molecular flexibility index (Phi) is 3.18. The zero-order valence-corrected chi connectivity index (χ0v) is 20.9. The SMILES string of the molecule is CC(O)N(C(C)O)C(O[N+](=O)OC(N(C(C)O)C(C)O)C12C3C4C5C3C1C5C42)C12C3C4C5C3C1C5C42. The molecule has 0 aromatic carbocycles. The van der Waals surface area contributed by atoms with E-state index in [9.17, 15) is 25.3 Å². The average Bonchev–Trinajstić information content (AvgIpc) is 2.82. The minimum absolute atomic E-state index is 0.181. The third-order valence-electron chi connectivity index (χ3n) is 14.6. The van der Waals surface area contributed by atoms with E-state index in [1.54, 1.807) is 27.7 Å². The van der Waals surface area contributed by atoms with E-state index in [0.29, 0.717) is 35.5 Å². The first-order valence-corrected chi connectivity index (χ1v) is 14.2. The van der Waals surface area contributed by atoms with Crippen molar-refractivity contribution in [2.45, 2.75) is 65.1 Å². The van der Waals surface area contributed by atoms with Crippen LogP contribution in [-0.4, -0.2) is 72.7 Å². The van der Waals surface area contributed by atoms with Crippen LogP contribution >= 0.6 is 0 Å². The van der Waals surface area contributed by atoms with Crippen molar-refractivity contribution in [1.29, 1.82) is 0 Å². The molecule has 0 radical (unpaired) electrons. The van der Waals surface area contributed by atoms with E-state index in [1.165, 1.54) is 9.80 Å². The van der Waals surface area contributed by atoms with Crippen LogP contribution in [0.25, 0.3) is 0 Å². The lowest BCUT2D eigenvalue weighted by Gasteiger charge is -3.07. The van der Waals surface area contributed by atoms with Gasteiger partial charge in [0, 0.05) is 10.8 Å². The Hall–Kier alpha value is -1.04. The third kappa shape index (κ3) is 1.48. The van der Waals surface area contributed by atoms with E-state index < -0.39 is 37.4 Å². The number of hydrogen-bond acceptors (Lipinski definition) is 9. The summed E-state index contributed by atoms with van der Waals surface area (Å²) in [5.41, 5.74) is -0.362. The first-order valence-electron chi connectivity index (χ1n) is 14.2. The fourth-order valence-electron chi connectivity index (χ4n) is 14.4. The molecule has 36 heavy (non-hydrogen) atoms. The van der Waals surface area contributed by atoms with Gasteiger partial charge in [0.1, 0.15) is 29.8 Å². The second kappa shape index (κ2) is 5.49. The Labute approximate surface area is 209 Å². The van der Waals surface area contributed by atoms with Crippen LogP contribution in [0.5, 0.6) is 0 Å². The van der Waals surface area contributed by atoms with E-state index in [2.05, 4.69) is 0 Å². The van der Waals surface area contributed by atoms with Crippen LogP contribution in [-0.2, 0) is 9.68 Å². The van der Waals surface area contributed by atoms with E-state index in [1.807, 2.05) is 0 Å². The van der Waals surface area contributed by atoms with Gasteiger partial charge in [0.25, 0.3) is 0 Å². The van der Waals surface area contributed by atoms with Crippen LogP contribution in [0, 0.1) is 98.6 Å². The molecule has 6 atom stereocenters. The molecule has 4 N–H and O–H groups in total. The first-order chi connectivity index (χ1) is 17.1. The van der Waals surface area contributed by atoms with Crippen LogP contribution in [0.3, 0.4) is 0 Å². The van der Waals surface area contributed by atoms with E-state index >= 15 is 0 Å². The van der Waals surface area contributed by atoms with Crippen LogP contribution in [0.4, 0.5) is 0 Å². The number of aliphatic hydroxyl groups is 4. The van der Waals surface area contributed by atoms with Crippen molar-refractivity contribution >= 4 is 0 Å². The van der Waals surface area contributed by atoms with Gasteiger partial charge in [-0.1, -0.05) is 0 Å². The first kappa shape index (κ1) is 20.9. The maximum Gasteiger partial charge on any atom is 0.480 e. The Morgan fingerprint density at radius 2 is 0.806 bits per heavy atom. The summed E-state index contributed by atoms with van der Waals surface area (Å²) in [6.07, 6.45) is -5.50. The van der Waals surface area contributed by atoms with Crippen molar-refractivity contribution in [3.8, 4) is 0 Å². The van der Waals surface area contributed by atoms with Gasteiger partial charge in [-0.25, -0.2) is 9.80 Å². The van der Waals surface area contributed by atoms with Gasteiger partial charge in [-0.05, 0) is 111 Å². The lowest BCUT2D eigenvalue weighted by molar-refractivity contribution is -1.01. The summed E-state index contributed by atoms with van der Waals surface area (Å²) in [4.78, 5) is 28.7. The maximum atomic E-state index is 13.5. The van der Waals surface area contributed by atoms with Gasteiger partial charge < -0.3 is 20.4 Å². The van der Waals surface area contributed by atoms with E-state index in [4.69, 9.17) is 9.68 Å². The van der Waals surface area contributed by atoms with Gasteiger partial charge in [-0.15, -0.1) is 0 Å². The number of hydrogen-bond donors (Lipinski definition) is 4. The Bertz CT molecular complexity index is 923. The summed E-state index contributed by atoms with van der Waals surface area (Å²) in [7, 11) is 0. The van der Waals surface area contributed by atoms with Crippen molar-refractivity contribution in [3.05, 3.63) is 4.91 Å². The van der Waals surface area contributed by atoms with Gasteiger partial charge in [0.05, 0.1) is 0 Å². The highest BCUT2D eigenvalue weighted by atomic mass is 17.0. The molecule has 0 spiro atoms. The van der Waals surface area contributed by atoms with Crippen LogP contribution in [0.15, 0.2) is 0 Å². The molecule has 12 rings (SSSR count). The van der Waals surface area contributed by atoms with Crippen molar-refractivity contribution < 1.29 is 35.2 Å². The largest absolute Gasteiger partial charge is 0.480 e. The molecule has 12 saturated carbocycles. The highest BCUT2D eigenvalue weighted by Gasteiger charge is 3.08. The molecule has 12 aliphatic rings. The topological polar surface area (TPSA) is 126 Å². The smallest absolute Gasteiger partial charge is 0.378 e. The molecule has 12 fully saturated rings. The quantitative estimate of drug-likeness (QED) is 0.215. The van der Waals surface area contributed by atoms with Crippen LogP contribution in [0.1, 0.15) is 27.7 Å². The average molecular weight is 503 g/mol. The summed E-state index contributed by atoms with van der Waals surface area (Å²) in [6, 6.07) is 0. The molecule has 10 heteroatoms. The Balaban J connectivity index is 0.965. The van der Waals surface area contributed by atoms with Crippen molar-refractivity contribution in [2.24, 2.45) is 93.7 Å². The molecule has 6 unspecified atom stereocenters. The molecule has 196 valence electrons. The van der Waals surface area contributed by atoms with Crippen molar-refractivity contribution in [2.75, 3.05) is 0 Å². The molecule has 0 amide bonds. The standard InChI is InChI=1S/C26H36N3O7/c1-5(30)27(6(2)31)23(25-17-11-9-12(17)19(25)13(9)18(11)25)35-29(34)36-24(28(7(3)32)8(4)33)26-20-14-10-15(20)22(26)16(10)21(14)26/h5-24,30-33H,1-4H3/q+1. The van der Waals surface area contributed by atoms with Gasteiger partial charge in [0.15, 0.2) is 0 Å². The van der Waals surface area contributed by atoms with Gasteiger partial charge >= 0.3 is 5.09 Å². The van der Waals surface area contributed by atoms with Crippen molar-refractivity contribution in [3.63, 3.8) is 0 Å². The fourth-order valence-corrected chi connectivity index (χ4v) is 14.4. The number of aliphatic hydroxyl groups excluding tert-OH is 4. The number of rotatable bonds is 12. The summed E-state index contributed by atoms with van der Waals surface area (Å²) in [5.74, 6) is 9.31. The molecule has 12 aliphatic carbocycles. The fraction of sp³-hybridized carbons (Fsp3) is 1.00. The van der Waals surface area contributed by atoms with Gasteiger partial charge in [-0.3, -0.25) is 0 Å². The van der Waals surface area contributed by atoms with Crippen LogP contribution < -0.4 is 0 Å². The second-order valence-electron chi connectivity index (χ2n) is 14.3. The van der Waals surface area contributed by atoms with Gasteiger partial charge in [0.2, 0.25) is 12.5 Å².